The van der Waals surface area contributed by atoms with E-state index in [1.54, 1.807) is 18.9 Å². The van der Waals surface area contributed by atoms with Gasteiger partial charge in [0.05, 0.1) is 12.6 Å². The highest BCUT2D eigenvalue weighted by Gasteiger charge is 2.24. The van der Waals surface area contributed by atoms with Crippen molar-refractivity contribution in [2.45, 2.75) is 38.8 Å². The van der Waals surface area contributed by atoms with Gasteiger partial charge >= 0.3 is 0 Å². The molecule has 1 rings (SSSR count). The Morgan fingerprint density at radius 3 is 2.50 bits per heavy atom. The van der Waals surface area contributed by atoms with Crippen LogP contribution in [-0.2, 0) is 9.59 Å². The number of nitrogens with zero attached hydrogens (tertiary/aromatic N) is 1. The fraction of sp³-hybridized carbons (Fsp3) is 0.800. The van der Waals surface area contributed by atoms with E-state index in [0.717, 1.165) is 12.8 Å². The summed E-state index contributed by atoms with van der Waals surface area (Å²) in [7, 11) is 1.79. The predicted molar refractivity (Wildman–Crippen MR) is 53.9 cm³/mol. The highest BCUT2D eigenvalue weighted by atomic mass is 16.2. The van der Waals surface area contributed by atoms with Crippen LogP contribution in [0.15, 0.2) is 0 Å². The summed E-state index contributed by atoms with van der Waals surface area (Å²) in [6, 6.07) is 0.212. The lowest BCUT2D eigenvalue weighted by Gasteiger charge is -2.21. The van der Waals surface area contributed by atoms with Crippen molar-refractivity contribution in [1.82, 2.24) is 10.2 Å². The molecule has 0 aromatic carbocycles. The molecule has 1 saturated carbocycles. The Bertz CT molecular complexity index is 236. The fourth-order valence-electron chi connectivity index (χ4n) is 1.17. The van der Waals surface area contributed by atoms with Crippen LogP contribution in [0.2, 0.25) is 0 Å². The molecule has 0 spiro atoms. The molecule has 0 bridgehead atoms. The number of rotatable bonds is 5. The van der Waals surface area contributed by atoms with Crippen LogP contribution in [0.3, 0.4) is 0 Å². The van der Waals surface area contributed by atoms with Crippen LogP contribution in [0.1, 0.15) is 26.7 Å². The first kappa shape index (κ1) is 11.2. The maximum Gasteiger partial charge on any atom is 0.234 e. The lowest BCUT2D eigenvalue weighted by Crippen LogP contribution is -2.42. The molecule has 14 heavy (non-hydrogen) atoms. The minimum absolute atomic E-state index is 0.0168. The van der Waals surface area contributed by atoms with Crippen LogP contribution >= 0.6 is 0 Å². The summed E-state index contributed by atoms with van der Waals surface area (Å²) in [6.45, 7) is 3.66. The fourth-order valence-corrected chi connectivity index (χ4v) is 1.17. The number of carbonyl (C=O) groups excluding carboxylic acids is 2. The van der Waals surface area contributed by atoms with Gasteiger partial charge in [0, 0.05) is 6.04 Å². The molecule has 1 amide bonds. The average Bonchev–Trinajstić information content (AvgIpc) is 2.86. The van der Waals surface area contributed by atoms with Gasteiger partial charge in [-0.25, -0.2) is 0 Å². The molecule has 0 aromatic heterocycles. The number of hydrogen-bond donors (Lipinski definition) is 1. The van der Waals surface area contributed by atoms with Crippen molar-refractivity contribution < 1.29 is 9.59 Å². The van der Waals surface area contributed by atoms with Gasteiger partial charge in [0.25, 0.3) is 0 Å². The van der Waals surface area contributed by atoms with Crippen LogP contribution in [0.25, 0.3) is 0 Å². The molecule has 0 aliphatic heterocycles. The summed E-state index contributed by atoms with van der Waals surface area (Å²) in [5.74, 6) is 0.106. The zero-order valence-corrected chi connectivity index (χ0v) is 9.04. The Balaban J connectivity index is 2.27. The van der Waals surface area contributed by atoms with Crippen molar-refractivity contribution in [2.24, 2.45) is 0 Å². The first-order valence-corrected chi connectivity index (χ1v) is 5.00. The van der Waals surface area contributed by atoms with E-state index >= 15 is 0 Å². The van der Waals surface area contributed by atoms with Gasteiger partial charge in [-0.2, -0.15) is 0 Å². The maximum atomic E-state index is 11.4. The Kier molecular flexibility index (Phi) is 3.63. The topological polar surface area (TPSA) is 49.4 Å². The second kappa shape index (κ2) is 4.55. The number of hydrogen-bond acceptors (Lipinski definition) is 3. The second-order valence-electron chi connectivity index (χ2n) is 4.04. The molecule has 1 fully saturated rings. The number of ketones is 1. The minimum Gasteiger partial charge on any atom is -0.352 e. The monoisotopic (exact) mass is 198 g/mol. The molecule has 4 nitrogen and oxygen atoms in total. The molecule has 80 valence electrons. The van der Waals surface area contributed by atoms with E-state index in [1.165, 1.54) is 0 Å². The molecule has 1 aliphatic carbocycles. The van der Waals surface area contributed by atoms with Crippen LogP contribution < -0.4 is 5.32 Å². The Morgan fingerprint density at radius 2 is 2.07 bits per heavy atom. The van der Waals surface area contributed by atoms with Crippen molar-refractivity contribution in [3.05, 3.63) is 0 Å². The lowest BCUT2D eigenvalue weighted by atomic mass is 10.2. The Hall–Kier alpha value is -0.900. The number of carbonyl (C=O) groups is 2. The minimum atomic E-state index is -0.181. The number of Topliss-reactive ketones (excluding diaryl/α,β-unsaturated/α-hetero) is 1. The molecule has 1 N–H and O–H groups in total. The van der Waals surface area contributed by atoms with Gasteiger partial charge in [-0.3, -0.25) is 14.5 Å². The van der Waals surface area contributed by atoms with E-state index in [0.29, 0.717) is 12.6 Å². The van der Waals surface area contributed by atoms with Gasteiger partial charge in [0.1, 0.15) is 5.78 Å². The highest BCUT2D eigenvalue weighted by molar-refractivity contribution is 5.83. The molecule has 0 aromatic rings. The molecular formula is C10H18N2O2. The number of nitrogens with one attached hydrogen (secondary N) is 1. The van der Waals surface area contributed by atoms with Crippen LogP contribution in [0.5, 0.6) is 0 Å². The first-order valence-electron chi connectivity index (χ1n) is 5.00. The third kappa shape index (κ3) is 3.46. The third-order valence-electron chi connectivity index (χ3n) is 2.58. The van der Waals surface area contributed by atoms with Crippen LogP contribution in [-0.4, -0.2) is 42.3 Å². The standard InChI is InChI=1S/C10H18N2O2/c1-7(8(2)13)12(3)6-10(14)11-9-4-5-9/h7,9H,4-6H2,1-3H3,(H,11,14). The van der Waals surface area contributed by atoms with Crippen molar-refractivity contribution in [2.75, 3.05) is 13.6 Å². The van der Waals surface area contributed by atoms with Crippen LogP contribution in [0, 0.1) is 0 Å². The van der Waals surface area contributed by atoms with Gasteiger partial charge < -0.3 is 5.32 Å². The molecule has 4 heteroatoms. The van der Waals surface area contributed by atoms with Crippen molar-refractivity contribution in [3.8, 4) is 0 Å². The third-order valence-corrected chi connectivity index (χ3v) is 2.58. The molecule has 1 unspecified atom stereocenters. The zero-order chi connectivity index (χ0) is 10.7. The summed E-state index contributed by atoms with van der Waals surface area (Å²) >= 11 is 0. The molecular weight excluding hydrogens is 180 g/mol. The summed E-state index contributed by atoms with van der Waals surface area (Å²) < 4.78 is 0. The SMILES string of the molecule is CC(=O)C(C)N(C)CC(=O)NC1CC1. The molecule has 0 heterocycles. The second-order valence-corrected chi connectivity index (χ2v) is 4.04. The summed E-state index contributed by atoms with van der Waals surface area (Å²) in [5, 5.41) is 2.89. The highest BCUT2D eigenvalue weighted by Crippen LogP contribution is 2.18. The van der Waals surface area contributed by atoms with Gasteiger partial charge in [0.2, 0.25) is 5.91 Å². The van der Waals surface area contributed by atoms with E-state index in [2.05, 4.69) is 5.32 Å². The van der Waals surface area contributed by atoms with Gasteiger partial charge in [-0.15, -0.1) is 0 Å². The van der Waals surface area contributed by atoms with Crippen molar-refractivity contribution in [3.63, 3.8) is 0 Å². The van der Waals surface area contributed by atoms with Gasteiger partial charge in [-0.05, 0) is 33.7 Å². The van der Waals surface area contributed by atoms with E-state index in [1.807, 2.05) is 6.92 Å². The van der Waals surface area contributed by atoms with E-state index < -0.39 is 0 Å². The Labute approximate surface area is 84.7 Å². The summed E-state index contributed by atoms with van der Waals surface area (Å²) in [5.41, 5.74) is 0. The normalized spacial score (nSPS) is 18.0. The lowest BCUT2D eigenvalue weighted by molar-refractivity contribution is -0.125. The molecule has 1 aliphatic rings. The molecule has 1 atom stereocenters. The van der Waals surface area contributed by atoms with Crippen molar-refractivity contribution >= 4 is 11.7 Å². The predicted octanol–water partition coefficient (Wildman–Crippen LogP) is 0.174. The Morgan fingerprint density at radius 1 is 1.50 bits per heavy atom. The zero-order valence-electron chi connectivity index (χ0n) is 9.04. The largest absolute Gasteiger partial charge is 0.352 e. The van der Waals surface area contributed by atoms with Gasteiger partial charge in [0.15, 0.2) is 0 Å². The summed E-state index contributed by atoms with van der Waals surface area (Å²) in [4.78, 5) is 24.2. The number of amides is 1. The smallest absolute Gasteiger partial charge is 0.234 e. The van der Waals surface area contributed by atoms with E-state index in [9.17, 15) is 9.59 Å². The average molecular weight is 198 g/mol. The quantitative estimate of drug-likeness (QED) is 0.685. The van der Waals surface area contributed by atoms with E-state index in [-0.39, 0.29) is 17.7 Å². The molecule has 0 saturated heterocycles. The van der Waals surface area contributed by atoms with Crippen molar-refractivity contribution in [1.29, 1.82) is 0 Å². The summed E-state index contributed by atoms with van der Waals surface area (Å²) in [6.07, 6.45) is 2.19. The van der Waals surface area contributed by atoms with E-state index in [4.69, 9.17) is 0 Å². The molecule has 0 radical (unpaired) electrons. The number of likely N-dealkylation sites (N-methyl/N-ethyl adjacent to an activating group) is 1. The first-order chi connectivity index (χ1) is 6.50. The van der Waals surface area contributed by atoms with Gasteiger partial charge in [-0.1, -0.05) is 0 Å². The van der Waals surface area contributed by atoms with Crippen LogP contribution in [0.4, 0.5) is 0 Å². The maximum absolute atomic E-state index is 11.4.